The van der Waals surface area contributed by atoms with E-state index in [1.54, 1.807) is 13.2 Å². The number of ether oxygens (including phenoxy) is 2. The van der Waals surface area contributed by atoms with Gasteiger partial charge in [-0.25, -0.2) is 8.78 Å². The van der Waals surface area contributed by atoms with Crippen LogP contribution in [0.15, 0.2) is 36.5 Å². The van der Waals surface area contributed by atoms with E-state index in [4.69, 9.17) is 15.2 Å². The molecule has 3 N–H and O–H groups in total. The van der Waals surface area contributed by atoms with Gasteiger partial charge in [0.05, 0.1) is 34.7 Å². The average Bonchev–Trinajstić information content (AvgIpc) is 2.81. The van der Waals surface area contributed by atoms with Gasteiger partial charge in [-0.2, -0.15) is 0 Å². The highest BCUT2D eigenvalue weighted by molar-refractivity contribution is 6.08. The number of methoxy groups -OCH3 is 1. The van der Waals surface area contributed by atoms with Crippen molar-refractivity contribution in [2.75, 3.05) is 63.8 Å². The summed E-state index contributed by atoms with van der Waals surface area (Å²) in [6.07, 6.45) is 1.32. The molecule has 1 amide bonds. The summed E-state index contributed by atoms with van der Waals surface area (Å²) in [5.41, 5.74) is 7.11. The molecule has 1 aliphatic rings. The van der Waals surface area contributed by atoms with Gasteiger partial charge in [-0.15, -0.1) is 0 Å². The van der Waals surface area contributed by atoms with E-state index in [1.165, 1.54) is 6.20 Å². The van der Waals surface area contributed by atoms with Crippen LogP contribution < -0.4 is 20.7 Å². The first-order chi connectivity index (χ1) is 16.4. The van der Waals surface area contributed by atoms with Crippen LogP contribution in [0.5, 0.6) is 5.75 Å². The number of hydrogen-bond donors (Lipinski definition) is 2. The lowest BCUT2D eigenvalue weighted by Gasteiger charge is -2.35. The Kier molecular flexibility index (Phi) is 7.09. The third-order valence-electron chi connectivity index (χ3n) is 5.79. The number of fused-ring (bicyclic) bond motifs is 1. The minimum atomic E-state index is -0.740. The minimum Gasteiger partial charge on any atom is -0.489 e. The van der Waals surface area contributed by atoms with E-state index in [-0.39, 0.29) is 16.9 Å². The number of benzene rings is 2. The van der Waals surface area contributed by atoms with Crippen molar-refractivity contribution in [1.29, 1.82) is 0 Å². The molecule has 1 saturated heterocycles. The van der Waals surface area contributed by atoms with Crippen LogP contribution in [0.1, 0.15) is 10.4 Å². The SMILES string of the molecule is COCCOc1cc2ncc(C(N)=O)c(Nc3cc(F)ccc3F)c2cc1N1CCN(C)CC1. The fourth-order valence-corrected chi connectivity index (χ4v) is 3.90. The topological polar surface area (TPSA) is 92.9 Å². The van der Waals surface area contributed by atoms with Crippen molar-refractivity contribution in [3.8, 4) is 5.75 Å². The maximum absolute atomic E-state index is 14.4. The molecule has 2 heterocycles. The van der Waals surface area contributed by atoms with Crippen molar-refractivity contribution in [2.45, 2.75) is 0 Å². The lowest BCUT2D eigenvalue weighted by Crippen LogP contribution is -2.44. The summed E-state index contributed by atoms with van der Waals surface area (Å²) in [4.78, 5) is 21.0. The smallest absolute Gasteiger partial charge is 0.252 e. The van der Waals surface area contributed by atoms with Crippen molar-refractivity contribution in [1.82, 2.24) is 9.88 Å². The summed E-state index contributed by atoms with van der Waals surface area (Å²) < 4.78 is 39.3. The number of primary amides is 1. The number of anilines is 3. The van der Waals surface area contributed by atoms with Crippen LogP contribution in [0.2, 0.25) is 0 Å². The number of halogens is 2. The first-order valence-electron chi connectivity index (χ1n) is 10.9. The summed E-state index contributed by atoms with van der Waals surface area (Å²) in [6.45, 7) is 4.05. The zero-order chi connectivity index (χ0) is 24.2. The van der Waals surface area contributed by atoms with Crippen LogP contribution in [-0.4, -0.2) is 69.3 Å². The molecular weight excluding hydrogens is 444 g/mol. The molecule has 8 nitrogen and oxygen atoms in total. The number of amides is 1. The average molecular weight is 472 g/mol. The first kappa shape index (κ1) is 23.7. The molecule has 0 saturated carbocycles. The van der Waals surface area contributed by atoms with E-state index < -0.39 is 17.5 Å². The predicted molar refractivity (Wildman–Crippen MR) is 127 cm³/mol. The van der Waals surface area contributed by atoms with Crippen LogP contribution in [0, 0.1) is 11.6 Å². The fourth-order valence-electron chi connectivity index (χ4n) is 3.90. The number of rotatable bonds is 8. The molecular formula is C24H27F2N5O3. The highest BCUT2D eigenvalue weighted by atomic mass is 19.1. The molecule has 3 aromatic rings. The Balaban J connectivity index is 1.86. The standard InChI is InChI=1S/C24H27F2N5O3/c1-30-5-7-31(8-6-30)21-12-16-19(13-22(21)34-10-9-33-2)28-14-17(24(27)32)23(16)29-20-11-15(25)3-4-18(20)26/h3-4,11-14H,5-10H2,1-2H3,(H2,27,32)(H,28,29). The molecule has 0 aliphatic carbocycles. The number of carbonyl (C=O) groups excluding carboxylic acids is 1. The van der Waals surface area contributed by atoms with Crippen molar-refractivity contribution in [3.63, 3.8) is 0 Å². The zero-order valence-electron chi connectivity index (χ0n) is 19.1. The fraction of sp³-hybridized carbons (Fsp3) is 0.333. The Morgan fingerprint density at radius 3 is 2.62 bits per heavy atom. The van der Waals surface area contributed by atoms with Crippen molar-refractivity contribution >= 4 is 33.9 Å². The Labute approximate surface area is 196 Å². The highest BCUT2D eigenvalue weighted by Crippen LogP contribution is 2.38. The number of aromatic nitrogens is 1. The van der Waals surface area contributed by atoms with Gasteiger partial charge in [0.15, 0.2) is 0 Å². The van der Waals surface area contributed by atoms with Crippen LogP contribution in [0.3, 0.4) is 0 Å². The Morgan fingerprint density at radius 2 is 1.91 bits per heavy atom. The van der Waals surface area contributed by atoms with Crippen molar-refractivity contribution in [3.05, 3.63) is 53.7 Å². The second kappa shape index (κ2) is 10.2. The van der Waals surface area contributed by atoms with E-state index in [9.17, 15) is 13.6 Å². The van der Waals surface area contributed by atoms with E-state index in [0.717, 1.165) is 50.1 Å². The normalized spacial score (nSPS) is 14.4. The maximum Gasteiger partial charge on any atom is 0.252 e. The summed E-state index contributed by atoms with van der Waals surface area (Å²) in [5, 5.41) is 3.41. The van der Waals surface area contributed by atoms with Gasteiger partial charge in [0.2, 0.25) is 0 Å². The van der Waals surface area contributed by atoms with Gasteiger partial charge < -0.3 is 30.3 Å². The number of nitrogens with zero attached hydrogens (tertiary/aromatic N) is 3. The molecule has 180 valence electrons. The van der Waals surface area contributed by atoms with Crippen molar-refractivity contribution < 1.29 is 23.0 Å². The van der Waals surface area contributed by atoms with Crippen LogP contribution in [0.4, 0.5) is 25.8 Å². The Hall–Kier alpha value is -3.50. The molecule has 0 atom stereocenters. The molecule has 1 aromatic heterocycles. The third-order valence-corrected chi connectivity index (χ3v) is 5.79. The number of likely N-dealkylation sites (N-methyl/N-ethyl adjacent to an activating group) is 1. The van der Waals surface area contributed by atoms with Gasteiger partial charge in [-0.1, -0.05) is 0 Å². The minimum absolute atomic E-state index is 0.0635. The summed E-state index contributed by atoms with van der Waals surface area (Å²) in [6, 6.07) is 6.69. The monoisotopic (exact) mass is 471 g/mol. The zero-order valence-corrected chi connectivity index (χ0v) is 19.1. The van der Waals surface area contributed by atoms with E-state index in [1.807, 2.05) is 6.07 Å². The van der Waals surface area contributed by atoms with Crippen LogP contribution in [0.25, 0.3) is 10.9 Å². The van der Waals surface area contributed by atoms with Crippen LogP contribution in [-0.2, 0) is 4.74 Å². The second-order valence-electron chi connectivity index (χ2n) is 8.13. The summed E-state index contributed by atoms with van der Waals surface area (Å²) in [5.74, 6) is -1.40. The van der Waals surface area contributed by atoms with Crippen molar-refractivity contribution in [2.24, 2.45) is 5.73 Å². The molecule has 34 heavy (non-hydrogen) atoms. The second-order valence-corrected chi connectivity index (χ2v) is 8.13. The van der Waals surface area contributed by atoms with E-state index >= 15 is 0 Å². The molecule has 1 aliphatic heterocycles. The number of carbonyl (C=O) groups is 1. The summed E-state index contributed by atoms with van der Waals surface area (Å²) >= 11 is 0. The quantitative estimate of drug-likeness (QED) is 0.488. The van der Waals surface area contributed by atoms with Gasteiger partial charge in [-0.3, -0.25) is 9.78 Å². The first-order valence-corrected chi connectivity index (χ1v) is 10.9. The maximum atomic E-state index is 14.4. The largest absolute Gasteiger partial charge is 0.489 e. The molecule has 4 rings (SSSR count). The van der Waals surface area contributed by atoms with Gasteiger partial charge in [0.1, 0.15) is 24.0 Å². The molecule has 0 spiro atoms. The lowest BCUT2D eigenvalue weighted by atomic mass is 10.1. The molecule has 1 fully saturated rings. The molecule has 0 bridgehead atoms. The van der Waals surface area contributed by atoms with Gasteiger partial charge >= 0.3 is 0 Å². The number of hydrogen-bond acceptors (Lipinski definition) is 7. The number of nitrogens with two attached hydrogens (primary N) is 1. The van der Waals surface area contributed by atoms with E-state index in [2.05, 4.69) is 27.1 Å². The third kappa shape index (κ3) is 5.02. The van der Waals surface area contributed by atoms with Gasteiger partial charge in [0, 0.05) is 57.0 Å². The Morgan fingerprint density at radius 1 is 1.15 bits per heavy atom. The van der Waals surface area contributed by atoms with Gasteiger partial charge in [-0.05, 0) is 25.2 Å². The molecule has 0 radical (unpaired) electrons. The van der Waals surface area contributed by atoms with Crippen LogP contribution >= 0.6 is 0 Å². The number of piperazine rings is 1. The Bertz CT molecular complexity index is 1200. The highest BCUT2D eigenvalue weighted by Gasteiger charge is 2.22. The predicted octanol–water partition coefficient (Wildman–Crippen LogP) is 3.13. The van der Waals surface area contributed by atoms with E-state index in [0.29, 0.717) is 29.9 Å². The lowest BCUT2D eigenvalue weighted by molar-refractivity contribution is 0.100. The number of pyridine rings is 1. The number of nitrogens with one attached hydrogen (secondary N) is 1. The molecule has 0 unspecified atom stereocenters. The molecule has 10 heteroatoms. The molecule has 2 aromatic carbocycles. The summed E-state index contributed by atoms with van der Waals surface area (Å²) in [7, 11) is 3.66. The van der Waals surface area contributed by atoms with Gasteiger partial charge in [0.25, 0.3) is 5.91 Å².